The summed E-state index contributed by atoms with van der Waals surface area (Å²) in [4.78, 5) is 93.4. The minimum atomic E-state index is -1.13. The fourth-order valence-corrected chi connectivity index (χ4v) is 7.77. The number of rotatable bonds is 6. The lowest BCUT2D eigenvalue weighted by atomic mass is 10.0. The number of para-hydroxylation sites is 1. The van der Waals surface area contributed by atoms with E-state index < -0.39 is 79.1 Å². The summed E-state index contributed by atoms with van der Waals surface area (Å²) in [5.74, 6) is -4.35. The first-order valence-electron chi connectivity index (χ1n) is 18.9. The molecule has 0 bridgehead atoms. The summed E-state index contributed by atoms with van der Waals surface area (Å²) < 4.78 is 0. The molecule has 20 heteroatoms. The number of aliphatic imine (C=N–C) groups is 1. The zero-order valence-electron chi connectivity index (χ0n) is 33.7. The Balaban J connectivity index is 0.000000434. The highest BCUT2D eigenvalue weighted by Gasteiger charge is 2.28. The van der Waals surface area contributed by atoms with Gasteiger partial charge in [-0.3, -0.25) is 38.6 Å². The van der Waals surface area contributed by atoms with Gasteiger partial charge in [0.25, 0.3) is 0 Å². The Labute approximate surface area is 355 Å². The van der Waals surface area contributed by atoms with Gasteiger partial charge in [-0.05, 0) is 35.7 Å². The van der Waals surface area contributed by atoms with Crippen LogP contribution in [0.25, 0.3) is 21.7 Å². The van der Waals surface area contributed by atoms with E-state index in [1.807, 2.05) is 31.2 Å². The molecule has 1 aromatic heterocycles. The summed E-state index contributed by atoms with van der Waals surface area (Å²) in [7, 11) is 2.28. The summed E-state index contributed by atoms with van der Waals surface area (Å²) in [5.41, 5.74) is 18.4. The molecular weight excluding hydrogens is 811 g/mol. The third kappa shape index (κ3) is 17.3. The predicted octanol–water partition coefficient (Wildman–Crippen LogP) is 0.232. The molecule has 3 aromatic carbocycles. The van der Waals surface area contributed by atoms with Gasteiger partial charge < -0.3 is 54.1 Å². The molecule has 1 saturated heterocycles. The topological polar surface area (TPSA) is 298 Å². The molecule has 1 aliphatic rings. The van der Waals surface area contributed by atoms with Crippen LogP contribution in [-0.2, 0) is 40.0 Å². The molecule has 7 amide bonds. The Morgan fingerprint density at radius 1 is 0.783 bits per heavy atom. The molecule has 3 atom stereocenters. The summed E-state index contributed by atoms with van der Waals surface area (Å²) in [6.45, 7) is 4.70. The SMILES string of the molecule is CC(=O)NC1CSSCC(C(N)=O)NC(=O)[C@H](Cc2c[nH]c3ccccc23)NC(=O)CNC(=O)CNC(=O)CNC1=O.CCCN=C(N)N.Cc1ccc2ccccc2c1. The fraction of sp³-hybridized carbons (Fsp3) is 0.350. The lowest BCUT2D eigenvalue weighted by Gasteiger charge is -2.22. The second-order valence-electron chi connectivity index (χ2n) is 13.4. The molecular formula is C40H53N11O7S2. The maximum atomic E-state index is 13.3. The van der Waals surface area contributed by atoms with Crippen molar-refractivity contribution in [1.29, 1.82) is 0 Å². The van der Waals surface area contributed by atoms with Gasteiger partial charge >= 0.3 is 0 Å². The molecule has 5 rings (SSSR count). The smallest absolute Gasteiger partial charge is 0.243 e. The van der Waals surface area contributed by atoms with Gasteiger partial charge in [0.15, 0.2) is 5.96 Å². The quantitative estimate of drug-likeness (QED) is 0.0711. The van der Waals surface area contributed by atoms with E-state index in [0.29, 0.717) is 0 Å². The van der Waals surface area contributed by atoms with Gasteiger partial charge in [-0.15, -0.1) is 0 Å². The van der Waals surface area contributed by atoms with Crippen LogP contribution < -0.4 is 49.1 Å². The van der Waals surface area contributed by atoms with Crippen LogP contribution in [0.4, 0.5) is 0 Å². The number of aryl methyl sites for hydroxylation is 1. The van der Waals surface area contributed by atoms with Crippen LogP contribution >= 0.6 is 21.6 Å². The highest BCUT2D eigenvalue weighted by Crippen LogP contribution is 2.24. The summed E-state index contributed by atoms with van der Waals surface area (Å²) in [6, 6.07) is 19.1. The summed E-state index contributed by atoms with van der Waals surface area (Å²) in [5, 5.41) is 18.2. The summed E-state index contributed by atoms with van der Waals surface area (Å²) >= 11 is 0. The monoisotopic (exact) mass is 863 g/mol. The number of H-pyrrole nitrogens is 1. The molecule has 322 valence electrons. The summed E-state index contributed by atoms with van der Waals surface area (Å²) in [6.07, 6.45) is 2.77. The fourth-order valence-electron chi connectivity index (χ4n) is 5.43. The van der Waals surface area contributed by atoms with Crippen molar-refractivity contribution in [3.05, 3.63) is 84.1 Å². The molecule has 2 heterocycles. The van der Waals surface area contributed by atoms with E-state index in [2.05, 4.69) is 91.3 Å². The van der Waals surface area contributed by atoms with E-state index in [9.17, 15) is 33.6 Å². The standard InChI is InChI=1S/C25H32N8O7S2.C11H10.C4H11N3/c1-13(34)31-19-12-42-41-11-18(23(26)38)33-25(40)17(6-14-7-27-16-5-3-2-4-15(14)16)32-22(37)10-29-20(35)8-28-21(36)9-30-24(19)39;1-9-6-7-10-4-2-3-5-11(10)8-9;1-2-3-7-4(5)6/h2-5,7,17-19,27H,6,8-12H2,1H3,(H2,26,38)(H,28,36)(H,29,35)(H,30,39)(H,31,34)(H,32,37)(H,33,40);2-8H,1H3;2-3H2,1H3,(H4,5,6,7)/t17-,18?,19?;;/m0../s1. The highest BCUT2D eigenvalue weighted by molar-refractivity contribution is 8.76. The van der Waals surface area contributed by atoms with Gasteiger partial charge in [0.05, 0.1) is 19.6 Å². The third-order valence-electron chi connectivity index (χ3n) is 8.40. The molecule has 60 heavy (non-hydrogen) atoms. The van der Waals surface area contributed by atoms with Gasteiger partial charge in [-0.1, -0.05) is 94.7 Å². The number of nitrogens with zero attached hydrogens (tertiary/aromatic N) is 1. The number of guanidine groups is 1. The first kappa shape index (κ1) is 48.1. The Morgan fingerprint density at radius 3 is 2.07 bits per heavy atom. The predicted molar refractivity (Wildman–Crippen MR) is 236 cm³/mol. The first-order valence-corrected chi connectivity index (χ1v) is 21.4. The number of nitrogens with two attached hydrogens (primary N) is 3. The molecule has 13 N–H and O–H groups in total. The molecule has 2 unspecified atom stereocenters. The second-order valence-corrected chi connectivity index (χ2v) is 16.0. The number of carbonyl (C=O) groups is 7. The number of primary amides is 1. The number of benzene rings is 3. The zero-order chi connectivity index (χ0) is 44.0. The normalized spacial score (nSPS) is 18.3. The molecule has 1 fully saturated rings. The average molecular weight is 864 g/mol. The Hall–Kier alpha value is -6.28. The molecule has 0 aliphatic carbocycles. The molecule has 0 radical (unpaired) electrons. The van der Waals surface area contributed by atoms with E-state index in [0.717, 1.165) is 51.0 Å². The van der Waals surface area contributed by atoms with Crippen molar-refractivity contribution in [2.45, 2.75) is 51.7 Å². The number of amides is 7. The maximum Gasteiger partial charge on any atom is 0.243 e. The van der Waals surface area contributed by atoms with Gasteiger partial charge in [-0.25, -0.2) is 0 Å². The second kappa shape index (κ2) is 25.3. The van der Waals surface area contributed by atoms with Gasteiger partial charge in [0.1, 0.15) is 18.1 Å². The van der Waals surface area contributed by atoms with Crippen molar-refractivity contribution in [3.8, 4) is 0 Å². The van der Waals surface area contributed by atoms with Gasteiger partial charge in [0.2, 0.25) is 41.4 Å². The van der Waals surface area contributed by atoms with Crippen molar-refractivity contribution in [2.75, 3.05) is 37.7 Å². The molecule has 1 aliphatic heterocycles. The number of carbonyl (C=O) groups excluding carboxylic acids is 7. The Kier molecular flexibility index (Phi) is 20.2. The first-order chi connectivity index (χ1) is 28.7. The Morgan fingerprint density at radius 2 is 1.42 bits per heavy atom. The van der Waals surface area contributed by atoms with Gasteiger partial charge in [0, 0.05) is 48.5 Å². The average Bonchev–Trinajstić information content (AvgIpc) is 3.63. The van der Waals surface area contributed by atoms with E-state index >= 15 is 0 Å². The number of hydrogen-bond donors (Lipinski definition) is 10. The van der Waals surface area contributed by atoms with Crippen LogP contribution in [0, 0.1) is 6.92 Å². The van der Waals surface area contributed by atoms with E-state index in [4.69, 9.17) is 17.2 Å². The van der Waals surface area contributed by atoms with E-state index in [1.54, 1.807) is 6.20 Å². The third-order valence-corrected chi connectivity index (χ3v) is 10.8. The van der Waals surface area contributed by atoms with Crippen LogP contribution in [0.5, 0.6) is 0 Å². The van der Waals surface area contributed by atoms with Gasteiger partial charge in [-0.2, -0.15) is 0 Å². The lowest BCUT2D eigenvalue weighted by molar-refractivity contribution is -0.131. The van der Waals surface area contributed by atoms with Crippen LogP contribution in [0.3, 0.4) is 0 Å². The number of hydrogen-bond acceptors (Lipinski definition) is 10. The largest absolute Gasteiger partial charge is 0.370 e. The van der Waals surface area contributed by atoms with E-state index in [-0.39, 0.29) is 23.9 Å². The molecule has 4 aromatic rings. The number of nitrogens with one attached hydrogen (secondary N) is 7. The molecule has 18 nitrogen and oxygen atoms in total. The number of fused-ring (bicyclic) bond motifs is 2. The maximum absolute atomic E-state index is 13.3. The van der Waals surface area contributed by atoms with Crippen molar-refractivity contribution >= 4 is 90.6 Å². The van der Waals surface area contributed by atoms with E-state index in [1.165, 1.54) is 23.3 Å². The number of aromatic nitrogens is 1. The lowest BCUT2D eigenvalue weighted by Crippen LogP contribution is -2.55. The van der Waals surface area contributed by atoms with Crippen molar-refractivity contribution in [2.24, 2.45) is 22.2 Å². The molecule has 0 saturated carbocycles. The minimum Gasteiger partial charge on any atom is -0.370 e. The van der Waals surface area contributed by atoms with Crippen LogP contribution in [0.1, 0.15) is 31.4 Å². The number of aromatic amines is 1. The molecule has 0 spiro atoms. The minimum absolute atomic E-state index is 0.0202. The van der Waals surface area contributed by atoms with Crippen LogP contribution in [-0.4, -0.2) is 108 Å². The zero-order valence-corrected chi connectivity index (χ0v) is 35.3. The highest BCUT2D eigenvalue weighted by atomic mass is 33.1. The van der Waals surface area contributed by atoms with Crippen LogP contribution in [0.15, 0.2) is 77.9 Å². The van der Waals surface area contributed by atoms with Crippen LogP contribution in [0.2, 0.25) is 0 Å². The van der Waals surface area contributed by atoms with Crippen molar-refractivity contribution < 1.29 is 33.6 Å². The Bertz CT molecular complexity index is 2140. The van der Waals surface area contributed by atoms with Crippen molar-refractivity contribution in [1.82, 2.24) is 36.9 Å². The van der Waals surface area contributed by atoms with Crippen molar-refractivity contribution in [3.63, 3.8) is 0 Å².